The molecule has 8 heteroatoms. The van der Waals surface area contributed by atoms with Crippen LogP contribution in [0.3, 0.4) is 0 Å². The van der Waals surface area contributed by atoms with Gasteiger partial charge in [-0.3, -0.25) is 4.99 Å². The minimum atomic E-state index is -3.15. The van der Waals surface area contributed by atoms with Gasteiger partial charge in [0.05, 0.1) is 15.6 Å². The standard InChI is InChI=1S/C20H30N4O2S2/c1-5-18-15(3)27-19(24-18)12-14-23-20(21-6-2)22-13-11-16-7-9-17(10-8-16)28(4,25)26/h7-10H,5-6,11-14H2,1-4H3,(H2,21,22,23). The fourth-order valence-electron chi connectivity index (χ4n) is 2.76. The molecule has 28 heavy (non-hydrogen) atoms. The predicted molar refractivity (Wildman–Crippen MR) is 117 cm³/mol. The second kappa shape index (κ2) is 10.6. The summed E-state index contributed by atoms with van der Waals surface area (Å²) in [4.78, 5) is 10.9. The van der Waals surface area contributed by atoms with Crippen molar-refractivity contribution in [2.45, 2.75) is 44.9 Å². The third-order valence-corrected chi connectivity index (χ3v) is 6.47. The lowest BCUT2D eigenvalue weighted by Gasteiger charge is -2.11. The second-order valence-corrected chi connectivity index (χ2v) is 9.87. The van der Waals surface area contributed by atoms with Crippen LogP contribution in [0.4, 0.5) is 0 Å². The van der Waals surface area contributed by atoms with Crippen molar-refractivity contribution in [2.24, 2.45) is 4.99 Å². The van der Waals surface area contributed by atoms with Gasteiger partial charge in [-0.2, -0.15) is 0 Å². The first kappa shape index (κ1) is 22.4. The number of aromatic nitrogens is 1. The number of aryl methyl sites for hydroxylation is 2. The fraction of sp³-hybridized carbons (Fsp3) is 0.500. The van der Waals surface area contributed by atoms with Crippen molar-refractivity contribution in [1.82, 2.24) is 15.6 Å². The van der Waals surface area contributed by atoms with Gasteiger partial charge in [0.15, 0.2) is 15.8 Å². The van der Waals surface area contributed by atoms with Crippen molar-refractivity contribution in [1.29, 1.82) is 0 Å². The Hall–Kier alpha value is -1.93. The van der Waals surface area contributed by atoms with E-state index < -0.39 is 9.84 Å². The zero-order valence-corrected chi connectivity index (χ0v) is 18.7. The van der Waals surface area contributed by atoms with E-state index in [9.17, 15) is 8.42 Å². The molecule has 6 nitrogen and oxygen atoms in total. The molecule has 0 bridgehead atoms. The summed E-state index contributed by atoms with van der Waals surface area (Å²) < 4.78 is 23.0. The van der Waals surface area contributed by atoms with Gasteiger partial charge in [-0.25, -0.2) is 13.4 Å². The molecule has 0 atom stereocenters. The molecule has 0 saturated carbocycles. The van der Waals surface area contributed by atoms with Gasteiger partial charge in [0.25, 0.3) is 0 Å². The largest absolute Gasteiger partial charge is 0.357 e. The molecular formula is C20H30N4O2S2. The molecule has 0 aliphatic carbocycles. The summed E-state index contributed by atoms with van der Waals surface area (Å²) in [5, 5.41) is 7.72. The van der Waals surface area contributed by atoms with Crippen molar-refractivity contribution in [3.8, 4) is 0 Å². The topological polar surface area (TPSA) is 83.4 Å². The maximum atomic E-state index is 11.5. The van der Waals surface area contributed by atoms with Crippen LogP contribution < -0.4 is 10.6 Å². The molecule has 0 amide bonds. The van der Waals surface area contributed by atoms with Crippen molar-refractivity contribution >= 4 is 27.1 Å². The maximum absolute atomic E-state index is 11.5. The van der Waals surface area contributed by atoms with Gasteiger partial charge in [-0.15, -0.1) is 11.3 Å². The highest BCUT2D eigenvalue weighted by Gasteiger charge is 2.07. The lowest BCUT2D eigenvalue weighted by molar-refractivity contribution is 0.602. The lowest BCUT2D eigenvalue weighted by atomic mass is 10.1. The maximum Gasteiger partial charge on any atom is 0.191 e. The van der Waals surface area contributed by atoms with E-state index in [4.69, 9.17) is 0 Å². The molecule has 0 spiro atoms. The Labute approximate surface area is 172 Å². The highest BCUT2D eigenvalue weighted by Crippen LogP contribution is 2.18. The van der Waals surface area contributed by atoms with Crippen LogP contribution in [0.15, 0.2) is 34.2 Å². The molecular weight excluding hydrogens is 392 g/mol. The number of thiazole rings is 1. The quantitative estimate of drug-likeness (QED) is 0.480. The SMILES string of the molecule is CCNC(=NCCc1nc(CC)c(C)s1)NCCc1ccc(S(C)(=O)=O)cc1. The van der Waals surface area contributed by atoms with Crippen LogP contribution in [0.1, 0.15) is 35.0 Å². The summed E-state index contributed by atoms with van der Waals surface area (Å²) in [6.45, 7) is 8.50. The van der Waals surface area contributed by atoms with Gasteiger partial charge in [-0.05, 0) is 44.4 Å². The number of guanidine groups is 1. The van der Waals surface area contributed by atoms with Gasteiger partial charge < -0.3 is 10.6 Å². The number of nitrogens with zero attached hydrogens (tertiary/aromatic N) is 2. The number of hydrogen-bond donors (Lipinski definition) is 2. The highest BCUT2D eigenvalue weighted by atomic mass is 32.2. The Morgan fingerprint density at radius 3 is 2.43 bits per heavy atom. The van der Waals surface area contributed by atoms with Crippen LogP contribution in [0, 0.1) is 6.92 Å². The van der Waals surface area contributed by atoms with E-state index in [1.54, 1.807) is 23.5 Å². The fourth-order valence-corrected chi connectivity index (χ4v) is 4.40. The summed E-state index contributed by atoms with van der Waals surface area (Å²) in [5.41, 5.74) is 2.28. The third-order valence-electron chi connectivity index (χ3n) is 4.27. The van der Waals surface area contributed by atoms with E-state index in [0.29, 0.717) is 11.4 Å². The van der Waals surface area contributed by atoms with Gasteiger partial charge in [0, 0.05) is 37.2 Å². The molecule has 0 saturated heterocycles. The van der Waals surface area contributed by atoms with E-state index in [-0.39, 0.29) is 0 Å². The molecule has 1 heterocycles. The molecule has 0 aliphatic heterocycles. The molecule has 0 unspecified atom stereocenters. The Bertz CT molecular complexity index is 887. The van der Waals surface area contributed by atoms with E-state index in [1.165, 1.54) is 16.8 Å². The number of hydrogen-bond acceptors (Lipinski definition) is 5. The Morgan fingerprint density at radius 1 is 1.14 bits per heavy atom. The second-order valence-electron chi connectivity index (χ2n) is 6.57. The summed E-state index contributed by atoms with van der Waals surface area (Å²) in [5.74, 6) is 0.791. The Kier molecular flexibility index (Phi) is 8.44. The zero-order chi connectivity index (χ0) is 20.6. The summed E-state index contributed by atoms with van der Waals surface area (Å²) >= 11 is 1.76. The molecule has 154 valence electrons. The third kappa shape index (κ3) is 6.91. The summed E-state index contributed by atoms with van der Waals surface area (Å²) in [6, 6.07) is 7.03. The Morgan fingerprint density at radius 2 is 1.86 bits per heavy atom. The number of sulfone groups is 1. The first-order valence-electron chi connectivity index (χ1n) is 9.59. The van der Waals surface area contributed by atoms with Crippen LogP contribution >= 0.6 is 11.3 Å². The molecule has 0 radical (unpaired) electrons. The molecule has 0 aliphatic rings. The number of nitrogens with one attached hydrogen (secondary N) is 2. The van der Waals surface area contributed by atoms with Gasteiger partial charge >= 0.3 is 0 Å². The average molecular weight is 423 g/mol. The number of benzene rings is 1. The van der Waals surface area contributed by atoms with Crippen molar-refractivity contribution < 1.29 is 8.42 Å². The highest BCUT2D eigenvalue weighted by molar-refractivity contribution is 7.90. The predicted octanol–water partition coefficient (Wildman–Crippen LogP) is 2.76. The first-order valence-corrected chi connectivity index (χ1v) is 12.3. The number of aliphatic imine (C=N–C) groups is 1. The minimum Gasteiger partial charge on any atom is -0.357 e. The van der Waals surface area contributed by atoms with E-state index in [1.807, 2.05) is 19.1 Å². The monoisotopic (exact) mass is 422 g/mol. The van der Waals surface area contributed by atoms with Crippen molar-refractivity contribution in [3.63, 3.8) is 0 Å². The van der Waals surface area contributed by atoms with Gasteiger partial charge in [0.1, 0.15) is 0 Å². The van der Waals surface area contributed by atoms with E-state index >= 15 is 0 Å². The van der Waals surface area contributed by atoms with Crippen LogP contribution in [0.25, 0.3) is 0 Å². The lowest BCUT2D eigenvalue weighted by Crippen LogP contribution is -2.38. The molecule has 0 fully saturated rings. The minimum absolute atomic E-state index is 0.350. The Balaban J connectivity index is 1.85. The van der Waals surface area contributed by atoms with Gasteiger partial charge in [0.2, 0.25) is 0 Å². The zero-order valence-electron chi connectivity index (χ0n) is 17.1. The van der Waals surface area contributed by atoms with Gasteiger partial charge in [-0.1, -0.05) is 19.1 Å². The van der Waals surface area contributed by atoms with Crippen LogP contribution in [-0.2, 0) is 29.1 Å². The molecule has 1 aromatic heterocycles. The van der Waals surface area contributed by atoms with E-state index in [2.05, 4.69) is 34.5 Å². The number of rotatable bonds is 9. The van der Waals surface area contributed by atoms with Crippen LogP contribution in [0.5, 0.6) is 0 Å². The normalized spacial score (nSPS) is 12.2. The van der Waals surface area contributed by atoms with E-state index in [0.717, 1.165) is 48.9 Å². The van der Waals surface area contributed by atoms with Crippen LogP contribution in [0.2, 0.25) is 0 Å². The summed E-state index contributed by atoms with van der Waals surface area (Å²) in [6.07, 6.45) is 3.83. The van der Waals surface area contributed by atoms with Crippen LogP contribution in [-0.4, -0.2) is 45.3 Å². The molecule has 1 aromatic carbocycles. The smallest absolute Gasteiger partial charge is 0.191 e. The molecule has 2 aromatic rings. The molecule has 2 rings (SSSR count). The summed E-state index contributed by atoms with van der Waals surface area (Å²) in [7, 11) is -3.15. The van der Waals surface area contributed by atoms with Crippen molar-refractivity contribution in [2.75, 3.05) is 25.9 Å². The van der Waals surface area contributed by atoms with Crippen molar-refractivity contribution in [3.05, 3.63) is 45.4 Å². The average Bonchev–Trinajstić information content (AvgIpc) is 3.01. The first-order chi connectivity index (χ1) is 13.3. The molecule has 2 N–H and O–H groups in total.